The second-order valence-corrected chi connectivity index (χ2v) is 4.07. The number of hydrogen-bond acceptors (Lipinski definition) is 4. The lowest BCUT2D eigenvalue weighted by atomic mass is 9.98. The average molecular weight is 253 g/mol. The minimum absolute atomic E-state index is 0.0153. The van der Waals surface area contributed by atoms with Gasteiger partial charge in [-0.2, -0.15) is 0 Å². The Kier molecular flexibility index (Phi) is 4.97. The van der Waals surface area contributed by atoms with Gasteiger partial charge in [0.2, 0.25) is 0 Å². The van der Waals surface area contributed by atoms with E-state index in [1.807, 2.05) is 19.1 Å². The highest BCUT2D eigenvalue weighted by Crippen LogP contribution is 2.37. The Bertz CT molecular complexity index is 431. The Morgan fingerprint density at radius 2 is 2.06 bits per heavy atom. The molecule has 0 saturated heterocycles. The molecule has 100 valence electrons. The molecular weight excluding hydrogens is 234 g/mol. The molecule has 0 fully saturated rings. The number of carboxylic acid groups (broad SMARTS) is 1. The number of nitrogens with two attached hydrogens (primary N) is 1. The molecular formula is C13H19NO4. The summed E-state index contributed by atoms with van der Waals surface area (Å²) in [5.74, 6) is 0.415. The van der Waals surface area contributed by atoms with Crippen molar-refractivity contribution in [3.05, 3.63) is 23.3 Å². The van der Waals surface area contributed by atoms with Crippen molar-refractivity contribution < 1.29 is 19.4 Å². The predicted molar refractivity (Wildman–Crippen MR) is 68.1 cm³/mol. The largest absolute Gasteiger partial charge is 0.496 e. The van der Waals surface area contributed by atoms with E-state index in [2.05, 4.69) is 0 Å². The average Bonchev–Trinajstić information content (AvgIpc) is 2.35. The topological polar surface area (TPSA) is 81.8 Å². The second-order valence-electron chi connectivity index (χ2n) is 4.07. The van der Waals surface area contributed by atoms with E-state index in [4.69, 9.17) is 20.3 Å². The molecule has 18 heavy (non-hydrogen) atoms. The van der Waals surface area contributed by atoms with Crippen LogP contribution in [0.2, 0.25) is 0 Å². The summed E-state index contributed by atoms with van der Waals surface area (Å²) in [4.78, 5) is 10.6. The number of rotatable bonds is 6. The molecule has 1 rings (SSSR count). The Balaban J connectivity index is 3.10. The van der Waals surface area contributed by atoms with Crippen molar-refractivity contribution in [1.29, 1.82) is 0 Å². The third-order valence-electron chi connectivity index (χ3n) is 2.82. The molecule has 1 unspecified atom stereocenters. The summed E-state index contributed by atoms with van der Waals surface area (Å²) in [7, 11) is 3.12. The summed E-state index contributed by atoms with van der Waals surface area (Å²) in [5, 5.41) is 8.70. The van der Waals surface area contributed by atoms with Crippen LogP contribution in [0.5, 0.6) is 11.5 Å². The SMILES string of the molecule is COc1ccc(C)c(OC)c1C(N)CCC(=O)O. The van der Waals surface area contributed by atoms with Crippen LogP contribution < -0.4 is 15.2 Å². The Hall–Kier alpha value is -1.75. The zero-order chi connectivity index (χ0) is 13.7. The molecule has 0 aromatic heterocycles. The molecule has 0 bridgehead atoms. The lowest BCUT2D eigenvalue weighted by Crippen LogP contribution is -2.15. The summed E-state index contributed by atoms with van der Waals surface area (Å²) < 4.78 is 10.6. The van der Waals surface area contributed by atoms with Crippen LogP contribution in [0.3, 0.4) is 0 Å². The highest BCUT2D eigenvalue weighted by molar-refractivity contribution is 5.66. The van der Waals surface area contributed by atoms with Crippen LogP contribution in [0.4, 0.5) is 0 Å². The lowest BCUT2D eigenvalue weighted by Gasteiger charge is -2.20. The number of ether oxygens (including phenoxy) is 2. The Morgan fingerprint density at radius 1 is 1.39 bits per heavy atom. The normalized spacial score (nSPS) is 12.0. The minimum atomic E-state index is -0.865. The maximum atomic E-state index is 10.6. The van der Waals surface area contributed by atoms with Gasteiger partial charge in [0.1, 0.15) is 11.5 Å². The standard InChI is InChI=1S/C13H19NO4/c1-8-4-6-10(17-2)12(13(8)18-3)9(14)5-7-11(15)16/h4,6,9H,5,7,14H2,1-3H3,(H,15,16). The molecule has 0 aliphatic carbocycles. The van der Waals surface area contributed by atoms with Crippen LogP contribution in [0, 0.1) is 6.92 Å². The number of carbonyl (C=O) groups is 1. The van der Waals surface area contributed by atoms with Gasteiger partial charge < -0.3 is 20.3 Å². The van der Waals surface area contributed by atoms with Crippen molar-refractivity contribution in [3.63, 3.8) is 0 Å². The van der Waals surface area contributed by atoms with Crippen molar-refractivity contribution in [1.82, 2.24) is 0 Å². The summed E-state index contributed by atoms with van der Waals surface area (Å²) in [5.41, 5.74) is 7.71. The number of methoxy groups -OCH3 is 2. The first-order valence-electron chi connectivity index (χ1n) is 5.70. The number of benzene rings is 1. The van der Waals surface area contributed by atoms with Crippen LogP contribution in [-0.4, -0.2) is 25.3 Å². The minimum Gasteiger partial charge on any atom is -0.496 e. The van der Waals surface area contributed by atoms with Gasteiger partial charge in [-0.15, -0.1) is 0 Å². The van der Waals surface area contributed by atoms with Gasteiger partial charge in [-0.1, -0.05) is 6.07 Å². The van der Waals surface area contributed by atoms with E-state index in [0.717, 1.165) is 11.1 Å². The van der Waals surface area contributed by atoms with Crippen LogP contribution in [0.1, 0.15) is 30.0 Å². The molecule has 1 aromatic carbocycles. The molecule has 1 aromatic rings. The summed E-state index contributed by atoms with van der Waals surface area (Å²) >= 11 is 0. The van der Waals surface area contributed by atoms with Gasteiger partial charge in [-0.05, 0) is 25.0 Å². The molecule has 0 saturated carbocycles. The van der Waals surface area contributed by atoms with Crippen molar-refractivity contribution in [3.8, 4) is 11.5 Å². The van der Waals surface area contributed by atoms with E-state index in [0.29, 0.717) is 17.9 Å². The highest BCUT2D eigenvalue weighted by atomic mass is 16.5. The smallest absolute Gasteiger partial charge is 0.303 e. The Labute approximate surface area is 107 Å². The summed E-state index contributed by atoms with van der Waals surface area (Å²) in [6, 6.07) is 3.27. The third-order valence-corrected chi connectivity index (χ3v) is 2.82. The molecule has 1 atom stereocenters. The summed E-state index contributed by atoms with van der Waals surface area (Å²) in [6.07, 6.45) is 0.354. The first-order valence-corrected chi connectivity index (χ1v) is 5.70. The van der Waals surface area contributed by atoms with Crippen LogP contribution >= 0.6 is 0 Å². The first-order chi connectivity index (χ1) is 8.51. The Morgan fingerprint density at radius 3 is 2.56 bits per heavy atom. The van der Waals surface area contributed by atoms with Crippen molar-refractivity contribution in [2.45, 2.75) is 25.8 Å². The van der Waals surface area contributed by atoms with E-state index in [-0.39, 0.29) is 6.42 Å². The van der Waals surface area contributed by atoms with Gasteiger partial charge in [0, 0.05) is 12.5 Å². The monoisotopic (exact) mass is 253 g/mol. The fraction of sp³-hybridized carbons (Fsp3) is 0.462. The van der Waals surface area contributed by atoms with Crippen molar-refractivity contribution in [2.75, 3.05) is 14.2 Å². The molecule has 3 N–H and O–H groups in total. The quantitative estimate of drug-likeness (QED) is 0.808. The fourth-order valence-corrected chi connectivity index (χ4v) is 1.91. The van der Waals surface area contributed by atoms with E-state index in [9.17, 15) is 4.79 Å². The molecule has 5 nitrogen and oxygen atoms in total. The highest BCUT2D eigenvalue weighted by Gasteiger charge is 2.20. The predicted octanol–water partition coefficient (Wildman–Crippen LogP) is 1.88. The van der Waals surface area contributed by atoms with E-state index < -0.39 is 12.0 Å². The molecule has 0 spiro atoms. The van der Waals surface area contributed by atoms with Crippen molar-refractivity contribution in [2.24, 2.45) is 5.73 Å². The van der Waals surface area contributed by atoms with Crippen LogP contribution in [0.15, 0.2) is 12.1 Å². The molecule has 0 heterocycles. The van der Waals surface area contributed by atoms with Crippen LogP contribution in [-0.2, 0) is 4.79 Å². The second kappa shape index (κ2) is 6.26. The van der Waals surface area contributed by atoms with Gasteiger partial charge >= 0.3 is 5.97 Å². The third kappa shape index (κ3) is 3.13. The van der Waals surface area contributed by atoms with E-state index in [1.54, 1.807) is 14.2 Å². The molecule has 0 aliphatic rings. The zero-order valence-corrected chi connectivity index (χ0v) is 10.9. The fourth-order valence-electron chi connectivity index (χ4n) is 1.91. The van der Waals surface area contributed by atoms with Gasteiger partial charge in [0.25, 0.3) is 0 Å². The number of carboxylic acids is 1. The number of aryl methyl sites for hydroxylation is 1. The molecule has 0 radical (unpaired) electrons. The molecule has 0 aliphatic heterocycles. The van der Waals surface area contributed by atoms with Crippen molar-refractivity contribution >= 4 is 5.97 Å². The van der Waals surface area contributed by atoms with Gasteiger partial charge in [0.05, 0.1) is 19.8 Å². The number of aliphatic carboxylic acids is 1. The maximum Gasteiger partial charge on any atom is 0.303 e. The van der Waals surface area contributed by atoms with E-state index in [1.165, 1.54) is 0 Å². The van der Waals surface area contributed by atoms with E-state index >= 15 is 0 Å². The van der Waals surface area contributed by atoms with Gasteiger partial charge in [0.15, 0.2) is 0 Å². The lowest BCUT2D eigenvalue weighted by molar-refractivity contribution is -0.137. The van der Waals surface area contributed by atoms with Gasteiger partial charge in [-0.25, -0.2) is 0 Å². The number of hydrogen-bond donors (Lipinski definition) is 2. The maximum absolute atomic E-state index is 10.6. The van der Waals surface area contributed by atoms with Gasteiger partial charge in [-0.3, -0.25) is 4.79 Å². The van der Waals surface area contributed by atoms with Crippen LogP contribution in [0.25, 0.3) is 0 Å². The summed E-state index contributed by atoms with van der Waals surface area (Å²) in [6.45, 7) is 1.91. The zero-order valence-electron chi connectivity index (χ0n) is 10.9. The molecule has 5 heteroatoms. The first kappa shape index (κ1) is 14.3. The molecule has 0 amide bonds.